The molecule has 0 aliphatic carbocycles. The second-order valence-corrected chi connectivity index (χ2v) is 9.20. The number of aromatic nitrogens is 2. The first-order chi connectivity index (χ1) is 15.6. The SMILES string of the molecule is CC(C(=O)N1CCN(c2ncccn2)CC1)N1CCC(CN(C)Cc2ccccc2)CC1. The van der Waals surface area contributed by atoms with Crippen LogP contribution in [0.15, 0.2) is 48.8 Å². The minimum atomic E-state index is -0.0440. The zero-order chi connectivity index (χ0) is 22.3. The van der Waals surface area contributed by atoms with E-state index in [1.807, 2.05) is 11.0 Å². The summed E-state index contributed by atoms with van der Waals surface area (Å²) >= 11 is 0. The summed E-state index contributed by atoms with van der Waals surface area (Å²) in [5, 5.41) is 0. The van der Waals surface area contributed by atoms with Crippen LogP contribution in [0.5, 0.6) is 0 Å². The fraction of sp³-hybridized carbons (Fsp3) is 0.560. The van der Waals surface area contributed by atoms with Crippen molar-refractivity contribution in [1.82, 2.24) is 24.7 Å². The molecule has 1 unspecified atom stereocenters. The highest BCUT2D eigenvalue weighted by atomic mass is 16.2. The second kappa shape index (κ2) is 10.9. The maximum atomic E-state index is 13.1. The van der Waals surface area contributed by atoms with E-state index in [2.05, 4.69) is 69.0 Å². The lowest BCUT2D eigenvalue weighted by atomic mass is 9.95. The van der Waals surface area contributed by atoms with Gasteiger partial charge in [-0.1, -0.05) is 30.3 Å². The predicted molar refractivity (Wildman–Crippen MR) is 127 cm³/mol. The van der Waals surface area contributed by atoms with E-state index in [0.717, 1.165) is 71.1 Å². The number of anilines is 1. The number of likely N-dealkylation sites (tertiary alicyclic amines) is 1. The molecule has 0 radical (unpaired) electrons. The zero-order valence-corrected chi connectivity index (χ0v) is 19.4. The van der Waals surface area contributed by atoms with Crippen molar-refractivity contribution in [2.24, 2.45) is 5.92 Å². The molecule has 7 nitrogen and oxygen atoms in total. The fourth-order valence-corrected chi connectivity index (χ4v) is 4.92. The molecule has 0 bridgehead atoms. The van der Waals surface area contributed by atoms with E-state index in [4.69, 9.17) is 0 Å². The van der Waals surface area contributed by atoms with Gasteiger partial charge >= 0.3 is 0 Å². The van der Waals surface area contributed by atoms with Crippen LogP contribution in [0, 0.1) is 5.92 Å². The first-order valence-corrected chi connectivity index (χ1v) is 11.9. The van der Waals surface area contributed by atoms with Gasteiger partial charge < -0.3 is 14.7 Å². The van der Waals surface area contributed by atoms with Crippen molar-refractivity contribution in [3.05, 3.63) is 54.4 Å². The third-order valence-corrected chi connectivity index (χ3v) is 6.85. The molecule has 1 aromatic carbocycles. The summed E-state index contributed by atoms with van der Waals surface area (Å²) in [6.45, 7) is 9.27. The topological polar surface area (TPSA) is 55.8 Å². The van der Waals surface area contributed by atoms with E-state index in [-0.39, 0.29) is 11.9 Å². The van der Waals surface area contributed by atoms with Gasteiger partial charge in [0.15, 0.2) is 0 Å². The van der Waals surface area contributed by atoms with E-state index in [0.29, 0.717) is 5.92 Å². The third-order valence-electron chi connectivity index (χ3n) is 6.85. The van der Waals surface area contributed by atoms with Crippen molar-refractivity contribution in [3.8, 4) is 0 Å². The molecule has 2 aromatic rings. The van der Waals surface area contributed by atoms with Gasteiger partial charge in [-0.25, -0.2) is 9.97 Å². The van der Waals surface area contributed by atoms with Gasteiger partial charge in [0.2, 0.25) is 11.9 Å². The van der Waals surface area contributed by atoms with Crippen LogP contribution in [0.25, 0.3) is 0 Å². The van der Waals surface area contributed by atoms with Crippen molar-refractivity contribution >= 4 is 11.9 Å². The number of hydrogen-bond donors (Lipinski definition) is 0. The number of carbonyl (C=O) groups excluding carboxylic acids is 1. The Kier molecular flexibility index (Phi) is 7.71. The number of piperidine rings is 1. The molecule has 2 aliphatic heterocycles. The standard InChI is InChI=1S/C25H36N6O/c1-21(24(32)30-15-17-31(18-16-30)25-26-11-6-12-27-25)29-13-9-23(10-14-29)20-28(2)19-22-7-4-3-5-8-22/h3-8,11-12,21,23H,9-10,13-20H2,1-2H3. The van der Waals surface area contributed by atoms with Gasteiger partial charge in [-0.15, -0.1) is 0 Å². The van der Waals surface area contributed by atoms with Gasteiger partial charge in [-0.2, -0.15) is 0 Å². The normalized spacial score (nSPS) is 19.3. The first-order valence-electron chi connectivity index (χ1n) is 11.9. The highest BCUT2D eigenvalue weighted by Gasteiger charge is 2.31. The number of benzene rings is 1. The van der Waals surface area contributed by atoms with Crippen LogP contribution >= 0.6 is 0 Å². The molecule has 1 amide bonds. The maximum absolute atomic E-state index is 13.1. The van der Waals surface area contributed by atoms with E-state index in [1.165, 1.54) is 5.56 Å². The number of rotatable bonds is 7. The Balaban J connectivity index is 1.19. The first kappa shape index (κ1) is 22.7. The number of piperazine rings is 1. The van der Waals surface area contributed by atoms with Crippen molar-refractivity contribution in [3.63, 3.8) is 0 Å². The Hall–Kier alpha value is -2.51. The summed E-state index contributed by atoms with van der Waals surface area (Å²) < 4.78 is 0. The average Bonchev–Trinajstić information content (AvgIpc) is 2.85. The molecule has 4 rings (SSSR count). The Morgan fingerprint density at radius 3 is 2.31 bits per heavy atom. The van der Waals surface area contributed by atoms with Gasteiger partial charge in [-0.05, 0) is 57.5 Å². The summed E-state index contributed by atoms with van der Waals surface area (Å²) in [7, 11) is 2.21. The Morgan fingerprint density at radius 1 is 1.00 bits per heavy atom. The third kappa shape index (κ3) is 5.84. The maximum Gasteiger partial charge on any atom is 0.239 e. The molecule has 2 fully saturated rings. The second-order valence-electron chi connectivity index (χ2n) is 9.20. The highest BCUT2D eigenvalue weighted by molar-refractivity contribution is 5.81. The number of carbonyl (C=O) groups is 1. The van der Waals surface area contributed by atoms with Crippen LogP contribution in [-0.4, -0.2) is 89.5 Å². The van der Waals surface area contributed by atoms with Crippen molar-refractivity contribution in [1.29, 1.82) is 0 Å². The minimum absolute atomic E-state index is 0.0440. The monoisotopic (exact) mass is 436 g/mol. The molecule has 7 heteroatoms. The lowest BCUT2D eigenvalue weighted by Crippen LogP contribution is -2.55. The summed E-state index contributed by atoms with van der Waals surface area (Å²) in [5.74, 6) is 1.72. The molecular formula is C25H36N6O. The minimum Gasteiger partial charge on any atom is -0.338 e. The summed E-state index contributed by atoms with van der Waals surface area (Å²) in [4.78, 5) is 30.8. The summed E-state index contributed by atoms with van der Waals surface area (Å²) in [6.07, 6.45) is 5.86. The van der Waals surface area contributed by atoms with Crippen molar-refractivity contribution < 1.29 is 4.79 Å². The molecule has 2 aliphatic rings. The lowest BCUT2D eigenvalue weighted by molar-refractivity contribution is -0.137. The van der Waals surface area contributed by atoms with Crippen LogP contribution in [0.2, 0.25) is 0 Å². The van der Waals surface area contributed by atoms with Crippen LogP contribution in [-0.2, 0) is 11.3 Å². The lowest BCUT2D eigenvalue weighted by Gasteiger charge is -2.40. The van der Waals surface area contributed by atoms with Gasteiger partial charge in [0.25, 0.3) is 0 Å². The molecule has 1 aromatic heterocycles. The Morgan fingerprint density at radius 2 is 1.66 bits per heavy atom. The number of hydrogen-bond acceptors (Lipinski definition) is 6. The van der Waals surface area contributed by atoms with Gasteiger partial charge in [-0.3, -0.25) is 9.69 Å². The smallest absolute Gasteiger partial charge is 0.239 e. The molecule has 2 saturated heterocycles. The molecule has 0 saturated carbocycles. The molecule has 1 atom stereocenters. The molecule has 32 heavy (non-hydrogen) atoms. The molecule has 3 heterocycles. The van der Waals surface area contributed by atoms with Crippen molar-refractivity contribution in [2.75, 3.05) is 57.8 Å². The van der Waals surface area contributed by atoms with Crippen LogP contribution in [0.1, 0.15) is 25.3 Å². The highest BCUT2D eigenvalue weighted by Crippen LogP contribution is 2.22. The quantitative estimate of drug-likeness (QED) is 0.664. The van der Waals surface area contributed by atoms with Crippen LogP contribution in [0.3, 0.4) is 0 Å². The fourth-order valence-electron chi connectivity index (χ4n) is 4.92. The van der Waals surface area contributed by atoms with E-state index >= 15 is 0 Å². The van der Waals surface area contributed by atoms with Gasteiger partial charge in [0.1, 0.15) is 0 Å². The average molecular weight is 437 g/mol. The summed E-state index contributed by atoms with van der Waals surface area (Å²) in [6, 6.07) is 12.5. The van der Waals surface area contributed by atoms with Crippen molar-refractivity contribution in [2.45, 2.75) is 32.4 Å². The number of nitrogens with zero attached hydrogens (tertiary/aromatic N) is 6. The Labute approximate surface area is 192 Å². The summed E-state index contributed by atoms with van der Waals surface area (Å²) in [5.41, 5.74) is 1.37. The van der Waals surface area contributed by atoms with Gasteiger partial charge in [0, 0.05) is 51.7 Å². The molecular weight excluding hydrogens is 400 g/mol. The van der Waals surface area contributed by atoms with E-state index in [9.17, 15) is 4.79 Å². The van der Waals surface area contributed by atoms with Crippen LogP contribution < -0.4 is 4.90 Å². The van der Waals surface area contributed by atoms with E-state index < -0.39 is 0 Å². The molecule has 0 spiro atoms. The zero-order valence-electron chi connectivity index (χ0n) is 19.4. The molecule has 172 valence electrons. The van der Waals surface area contributed by atoms with Crippen LogP contribution in [0.4, 0.5) is 5.95 Å². The molecule has 0 N–H and O–H groups in total. The predicted octanol–water partition coefficient (Wildman–Crippen LogP) is 2.36. The Bertz CT molecular complexity index is 832. The largest absolute Gasteiger partial charge is 0.338 e. The van der Waals surface area contributed by atoms with Gasteiger partial charge in [0.05, 0.1) is 6.04 Å². The van der Waals surface area contributed by atoms with E-state index in [1.54, 1.807) is 12.4 Å². The number of amides is 1.